The van der Waals surface area contributed by atoms with Crippen molar-refractivity contribution < 1.29 is 4.74 Å². The Morgan fingerprint density at radius 1 is 1.37 bits per heavy atom. The Labute approximate surface area is 125 Å². The molecule has 1 N–H and O–H groups in total. The minimum Gasteiger partial charge on any atom is -0.377 e. The first-order valence-electron chi connectivity index (χ1n) is 6.86. The second kappa shape index (κ2) is 8.56. The summed E-state index contributed by atoms with van der Waals surface area (Å²) in [6.07, 6.45) is 0.294. The zero-order valence-electron chi connectivity index (χ0n) is 12.4. The lowest BCUT2D eigenvalue weighted by atomic mass is 10.2. The van der Waals surface area contributed by atoms with Crippen LogP contribution in [0.5, 0.6) is 0 Å². The molecule has 1 aromatic carbocycles. The molecule has 0 saturated heterocycles. The highest BCUT2D eigenvalue weighted by Gasteiger charge is 2.05. The zero-order valence-corrected chi connectivity index (χ0v) is 14.0. The van der Waals surface area contributed by atoms with Gasteiger partial charge in [-0.05, 0) is 38.1 Å². The molecule has 0 aromatic heterocycles. The maximum absolute atomic E-state index is 5.58. The first kappa shape index (κ1) is 16.5. The molecular weight excluding hydrogens is 304 g/mol. The predicted octanol–water partition coefficient (Wildman–Crippen LogP) is 3.42. The molecule has 4 heteroatoms. The number of rotatable bonds is 8. The average molecular weight is 329 g/mol. The van der Waals surface area contributed by atoms with Gasteiger partial charge in [0, 0.05) is 30.3 Å². The van der Waals surface area contributed by atoms with Gasteiger partial charge in [-0.2, -0.15) is 0 Å². The number of likely N-dealkylation sites (N-methyl/N-ethyl adjacent to an activating group) is 1. The molecule has 0 saturated carbocycles. The molecule has 0 atom stereocenters. The molecular formula is C15H25BrN2O. The molecule has 0 amide bonds. The Morgan fingerprint density at radius 3 is 2.68 bits per heavy atom. The van der Waals surface area contributed by atoms with Crippen LogP contribution in [0.15, 0.2) is 22.7 Å². The smallest absolute Gasteiger partial charge is 0.0644 e. The number of anilines is 1. The van der Waals surface area contributed by atoms with Gasteiger partial charge >= 0.3 is 0 Å². The normalized spacial score (nSPS) is 11.1. The van der Waals surface area contributed by atoms with Crippen LogP contribution in [0.4, 0.5) is 5.69 Å². The van der Waals surface area contributed by atoms with E-state index in [0.717, 1.165) is 30.7 Å². The van der Waals surface area contributed by atoms with Crippen molar-refractivity contribution in [2.24, 2.45) is 0 Å². The summed E-state index contributed by atoms with van der Waals surface area (Å²) in [5.74, 6) is 0. The monoisotopic (exact) mass is 328 g/mol. The summed E-state index contributed by atoms with van der Waals surface area (Å²) in [5.41, 5.74) is 2.50. The van der Waals surface area contributed by atoms with Crippen molar-refractivity contribution in [3.63, 3.8) is 0 Å². The molecule has 0 spiro atoms. The molecule has 0 unspecified atom stereocenters. The van der Waals surface area contributed by atoms with Crippen molar-refractivity contribution >= 4 is 21.6 Å². The van der Waals surface area contributed by atoms with E-state index in [-0.39, 0.29) is 0 Å². The minimum absolute atomic E-state index is 0.294. The molecule has 0 aliphatic rings. The zero-order chi connectivity index (χ0) is 14.3. The molecule has 3 nitrogen and oxygen atoms in total. The lowest BCUT2D eigenvalue weighted by Gasteiger charge is -2.21. The van der Waals surface area contributed by atoms with Gasteiger partial charge in [0.2, 0.25) is 0 Å². The van der Waals surface area contributed by atoms with Crippen molar-refractivity contribution in [2.45, 2.75) is 33.4 Å². The molecule has 0 heterocycles. The topological polar surface area (TPSA) is 24.5 Å². The van der Waals surface area contributed by atoms with Crippen LogP contribution in [0.2, 0.25) is 0 Å². The third kappa shape index (κ3) is 5.93. The van der Waals surface area contributed by atoms with Crippen molar-refractivity contribution in [3.8, 4) is 0 Å². The van der Waals surface area contributed by atoms with Gasteiger partial charge in [-0.3, -0.25) is 0 Å². The fraction of sp³-hybridized carbons (Fsp3) is 0.600. The number of ether oxygens (including phenoxy) is 1. The van der Waals surface area contributed by atoms with Gasteiger partial charge in [0.15, 0.2) is 0 Å². The third-order valence-electron chi connectivity index (χ3n) is 2.92. The summed E-state index contributed by atoms with van der Waals surface area (Å²) in [6, 6.07) is 6.50. The first-order chi connectivity index (χ1) is 9.04. The maximum Gasteiger partial charge on any atom is 0.0644 e. The fourth-order valence-corrected chi connectivity index (χ4v) is 2.24. The first-order valence-corrected chi connectivity index (χ1v) is 7.65. The highest BCUT2D eigenvalue weighted by molar-refractivity contribution is 9.10. The SMILES string of the molecule is CCNCc1ccc(N(C)CCOC(C)C)cc1Br. The number of hydrogen-bond acceptors (Lipinski definition) is 3. The minimum atomic E-state index is 0.294. The van der Waals surface area contributed by atoms with Crippen LogP contribution in [-0.2, 0) is 11.3 Å². The highest BCUT2D eigenvalue weighted by Crippen LogP contribution is 2.23. The van der Waals surface area contributed by atoms with Crippen LogP contribution in [0, 0.1) is 0 Å². The predicted molar refractivity (Wildman–Crippen MR) is 85.9 cm³/mol. The summed E-state index contributed by atoms with van der Waals surface area (Å²) in [6.45, 7) is 9.78. The van der Waals surface area contributed by atoms with Crippen LogP contribution in [-0.4, -0.2) is 32.8 Å². The van der Waals surface area contributed by atoms with Crippen LogP contribution in [0.25, 0.3) is 0 Å². The summed E-state index contributed by atoms with van der Waals surface area (Å²) in [4.78, 5) is 2.21. The quantitative estimate of drug-likeness (QED) is 0.791. The van der Waals surface area contributed by atoms with Gasteiger partial charge in [-0.15, -0.1) is 0 Å². The molecule has 0 aliphatic heterocycles. The van der Waals surface area contributed by atoms with Gasteiger partial charge in [0.1, 0.15) is 0 Å². The maximum atomic E-state index is 5.58. The standard InChI is InChI=1S/C15H25BrN2O/c1-5-17-11-13-6-7-14(10-15(13)16)18(4)8-9-19-12(2)3/h6-7,10,12,17H,5,8-9,11H2,1-4H3. The van der Waals surface area contributed by atoms with Gasteiger partial charge in [0.05, 0.1) is 12.7 Å². The second-order valence-corrected chi connectivity index (χ2v) is 5.75. The Balaban J connectivity index is 2.56. The van der Waals surface area contributed by atoms with E-state index in [4.69, 9.17) is 4.74 Å². The Kier molecular flexibility index (Phi) is 7.42. The van der Waals surface area contributed by atoms with E-state index in [0.29, 0.717) is 6.10 Å². The summed E-state index contributed by atoms with van der Waals surface area (Å²) < 4.78 is 6.73. The number of nitrogens with zero attached hydrogens (tertiary/aromatic N) is 1. The molecule has 1 aromatic rings. The van der Waals surface area contributed by atoms with E-state index in [9.17, 15) is 0 Å². The van der Waals surface area contributed by atoms with Crippen LogP contribution >= 0.6 is 15.9 Å². The van der Waals surface area contributed by atoms with Crippen molar-refractivity contribution in [2.75, 3.05) is 31.6 Å². The number of hydrogen-bond donors (Lipinski definition) is 1. The Hall–Kier alpha value is -0.580. The molecule has 0 bridgehead atoms. The van der Waals surface area contributed by atoms with Gasteiger partial charge in [-0.1, -0.05) is 28.9 Å². The van der Waals surface area contributed by atoms with E-state index in [1.165, 1.54) is 11.3 Å². The van der Waals surface area contributed by atoms with Gasteiger partial charge < -0.3 is 15.0 Å². The average Bonchev–Trinajstić information content (AvgIpc) is 2.36. The third-order valence-corrected chi connectivity index (χ3v) is 3.66. The van der Waals surface area contributed by atoms with Crippen molar-refractivity contribution in [1.29, 1.82) is 0 Å². The fourth-order valence-electron chi connectivity index (χ4n) is 1.73. The lowest BCUT2D eigenvalue weighted by Crippen LogP contribution is -2.24. The second-order valence-electron chi connectivity index (χ2n) is 4.90. The molecule has 19 heavy (non-hydrogen) atoms. The molecule has 0 aliphatic carbocycles. The summed E-state index contributed by atoms with van der Waals surface area (Å²) in [7, 11) is 2.09. The molecule has 0 fully saturated rings. The van der Waals surface area contributed by atoms with E-state index in [2.05, 4.69) is 72.2 Å². The van der Waals surface area contributed by atoms with E-state index < -0.39 is 0 Å². The molecule has 0 radical (unpaired) electrons. The number of nitrogens with one attached hydrogen (secondary N) is 1. The van der Waals surface area contributed by atoms with Crippen LogP contribution in [0.3, 0.4) is 0 Å². The lowest BCUT2D eigenvalue weighted by molar-refractivity contribution is 0.0846. The van der Waals surface area contributed by atoms with Gasteiger partial charge in [0.25, 0.3) is 0 Å². The van der Waals surface area contributed by atoms with E-state index in [1.54, 1.807) is 0 Å². The Morgan fingerprint density at radius 2 is 2.11 bits per heavy atom. The molecule has 108 valence electrons. The number of halogens is 1. The van der Waals surface area contributed by atoms with Crippen molar-refractivity contribution in [3.05, 3.63) is 28.2 Å². The van der Waals surface area contributed by atoms with Crippen LogP contribution < -0.4 is 10.2 Å². The summed E-state index contributed by atoms with van der Waals surface area (Å²) >= 11 is 3.64. The van der Waals surface area contributed by atoms with Crippen molar-refractivity contribution in [1.82, 2.24) is 5.32 Å². The Bertz CT molecular complexity index is 382. The summed E-state index contributed by atoms with van der Waals surface area (Å²) in [5, 5.41) is 3.34. The van der Waals surface area contributed by atoms with E-state index in [1.807, 2.05) is 0 Å². The van der Waals surface area contributed by atoms with E-state index >= 15 is 0 Å². The number of benzene rings is 1. The molecule has 1 rings (SSSR count). The van der Waals surface area contributed by atoms with Gasteiger partial charge in [-0.25, -0.2) is 0 Å². The largest absolute Gasteiger partial charge is 0.377 e. The van der Waals surface area contributed by atoms with Crippen LogP contribution in [0.1, 0.15) is 26.3 Å². The highest BCUT2D eigenvalue weighted by atomic mass is 79.9.